The standard InChI is InChI=1S/C20H24ClN3O2/c21-17-7-5-15(6-8-17)20-22-18(26-23-20)9-10-19(25)24-12-11-14-3-1-2-4-16(14)13-24/h5-8,14,16H,1-4,9-13H2/t14-,16+/m0/s1. The SMILES string of the molecule is O=C(CCc1nc(-c2ccc(Cl)cc2)no1)N1CC[C@@H]2CCCC[C@@H]2C1. The van der Waals surface area contributed by atoms with E-state index in [1.807, 2.05) is 17.0 Å². The Morgan fingerprint density at radius 1 is 1.15 bits per heavy atom. The first-order valence-corrected chi connectivity index (χ1v) is 9.93. The van der Waals surface area contributed by atoms with E-state index in [0.29, 0.717) is 35.5 Å². The summed E-state index contributed by atoms with van der Waals surface area (Å²) in [7, 11) is 0. The number of piperidine rings is 1. The quantitative estimate of drug-likeness (QED) is 0.798. The topological polar surface area (TPSA) is 59.2 Å². The number of amides is 1. The molecule has 0 bridgehead atoms. The van der Waals surface area contributed by atoms with Crippen LogP contribution < -0.4 is 0 Å². The Labute approximate surface area is 158 Å². The van der Waals surface area contributed by atoms with Crippen molar-refractivity contribution >= 4 is 17.5 Å². The number of hydrogen-bond acceptors (Lipinski definition) is 4. The highest BCUT2D eigenvalue weighted by Crippen LogP contribution is 2.36. The fourth-order valence-corrected chi connectivity index (χ4v) is 4.40. The summed E-state index contributed by atoms with van der Waals surface area (Å²) in [5.74, 6) is 2.80. The summed E-state index contributed by atoms with van der Waals surface area (Å²) in [6.45, 7) is 1.84. The van der Waals surface area contributed by atoms with Crippen LogP contribution in [0.25, 0.3) is 11.4 Å². The van der Waals surface area contributed by atoms with E-state index < -0.39 is 0 Å². The van der Waals surface area contributed by atoms with Gasteiger partial charge in [0, 0.05) is 36.5 Å². The van der Waals surface area contributed by atoms with Gasteiger partial charge in [0.05, 0.1) is 0 Å². The van der Waals surface area contributed by atoms with Crippen molar-refractivity contribution in [1.29, 1.82) is 0 Å². The normalized spacial score (nSPS) is 22.9. The van der Waals surface area contributed by atoms with Crippen LogP contribution in [-0.4, -0.2) is 34.0 Å². The van der Waals surface area contributed by atoms with Crippen molar-refractivity contribution in [3.05, 3.63) is 35.2 Å². The largest absolute Gasteiger partial charge is 0.342 e. The number of benzene rings is 1. The number of hydrogen-bond donors (Lipinski definition) is 0. The van der Waals surface area contributed by atoms with E-state index in [-0.39, 0.29) is 5.91 Å². The third kappa shape index (κ3) is 3.93. The molecule has 0 N–H and O–H groups in total. The van der Waals surface area contributed by atoms with E-state index in [1.54, 1.807) is 12.1 Å². The highest BCUT2D eigenvalue weighted by Gasteiger charge is 2.32. The van der Waals surface area contributed by atoms with Gasteiger partial charge in [0.1, 0.15) is 0 Å². The lowest BCUT2D eigenvalue weighted by atomic mass is 9.75. The molecule has 1 aliphatic heterocycles. The van der Waals surface area contributed by atoms with Gasteiger partial charge in [-0.2, -0.15) is 4.98 Å². The van der Waals surface area contributed by atoms with Crippen molar-refractivity contribution in [2.45, 2.75) is 44.9 Å². The van der Waals surface area contributed by atoms with Crippen LogP contribution in [0, 0.1) is 11.8 Å². The van der Waals surface area contributed by atoms with Crippen LogP contribution in [0.3, 0.4) is 0 Å². The van der Waals surface area contributed by atoms with Gasteiger partial charge in [-0.15, -0.1) is 0 Å². The third-order valence-electron chi connectivity index (χ3n) is 5.77. The van der Waals surface area contributed by atoms with Crippen molar-refractivity contribution in [1.82, 2.24) is 15.0 Å². The van der Waals surface area contributed by atoms with Crippen molar-refractivity contribution < 1.29 is 9.32 Å². The van der Waals surface area contributed by atoms with Gasteiger partial charge in [-0.05, 0) is 48.9 Å². The van der Waals surface area contributed by atoms with Gasteiger partial charge in [-0.25, -0.2) is 0 Å². The Balaban J connectivity index is 1.31. The molecule has 2 atom stereocenters. The number of carbonyl (C=O) groups is 1. The van der Waals surface area contributed by atoms with Gasteiger partial charge in [0.25, 0.3) is 0 Å². The predicted molar refractivity (Wildman–Crippen MR) is 99.7 cm³/mol. The summed E-state index contributed by atoms with van der Waals surface area (Å²) >= 11 is 5.90. The molecule has 1 aliphatic carbocycles. The Morgan fingerprint density at radius 3 is 2.73 bits per heavy atom. The lowest BCUT2D eigenvalue weighted by Crippen LogP contribution is -2.44. The molecule has 0 unspecified atom stereocenters. The first-order chi connectivity index (χ1) is 12.7. The van der Waals surface area contributed by atoms with Crippen LogP contribution in [0.15, 0.2) is 28.8 Å². The second-order valence-corrected chi connectivity index (χ2v) is 7.89. The molecule has 6 heteroatoms. The first kappa shape index (κ1) is 17.5. The van der Waals surface area contributed by atoms with E-state index in [0.717, 1.165) is 31.0 Å². The summed E-state index contributed by atoms with van der Waals surface area (Å²) < 4.78 is 5.31. The van der Waals surface area contributed by atoms with Crippen molar-refractivity contribution in [3.63, 3.8) is 0 Å². The monoisotopic (exact) mass is 373 g/mol. The second kappa shape index (κ2) is 7.78. The molecule has 5 nitrogen and oxygen atoms in total. The highest BCUT2D eigenvalue weighted by molar-refractivity contribution is 6.30. The Kier molecular flexibility index (Phi) is 5.25. The molecule has 4 rings (SSSR count). The van der Waals surface area contributed by atoms with Crippen LogP contribution in [0.2, 0.25) is 5.02 Å². The van der Waals surface area contributed by atoms with Crippen LogP contribution >= 0.6 is 11.6 Å². The van der Waals surface area contributed by atoms with E-state index in [4.69, 9.17) is 16.1 Å². The van der Waals surface area contributed by atoms with Crippen molar-refractivity contribution in [2.75, 3.05) is 13.1 Å². The van der Waals surface area contributed by atoms with Crippen LogP contribution in [0.1, 0.15) is 44.4 Å². The molecule has 0 spiro atoms. The molecule has 2 heterocycles. The molecular formula is C20H24ClN3O2. The number of rotatable bonds is 4. The Morgan fingerprint density at radius 2 is 1.92 bits per heavy atom. The minimum atomic E-state index is 0.209. The second-order valence-electron chi connectivity index (χ2n) is 7.45. The molecule has 1 amide bonds. The van der Waals surface area contributed by atoms with Crippen LogP contribution in [-0.2, 0) is 11.2 Å². The van der Waals surface area contributed by atoms with Gasteiger partial charge in [0.2, 0.25) is 17.6 Å². The third-order valence-corrected chi connectivity index (χ3v) is 6.02. The number of halogens is 1. The molecule has 2 aromatic rings. The number of carbonyl (C=O) groups excluding carboxylic acids is 1. The molecular weight excluding hydrogens is 350 g/mol. The Bertz CT molecular complexity index is 759. The Hall–Kier alpha value is -1.88. The molecule has 138 valence electrons. The average Bonchev–Trinajstić information content (AvgIpc) is 3.15. The molecule has 1 aromatic carbocycles. The van der Waals surface area contributed by atoms with Crippen LogP contribution in [0.4, 0.5) is 0 Å². The number of aryl methyl sites for hydroxylation is 1. The number of fused-ring (bicyclic) bond motifs is 1. The molecule has 0 radical (unpaired) electrons. The van der Waals surface area contributed by atoms with E-state index in [2.05, 4.69) is 10.1 Å². The minimum absolute atomic E-state index is 0.209. The summed E-state index contributed by atoms with van der Waals surface area (Å²) in [6, 6.07) is 7.31. The van der Waals surface area contributed by atoms with Gasteiger partial charge in [-0.1, -0.05) is 36.0 Å². The van der Waals surface area contributed by atoms with Gasteiger partial charge < -0.3 is 9.42 Å². The zero-order valence-electron chi connectivity index (χ0n) is 14.9. The maximum Gasteiger partial charge on any atom is 0.227 e. The predicted octanol–water partition coefficient (Wildman–Crippen LogP) is 4.36. The van der Waals surface area contributed by atoms with Gasteiger partial charge in [0.15, 0.2) is 0 Å². The zero-order valence-corrected chi connectivity index (χ0v) is 15.6. The highest BCUT2D eigenvalue weighted by atomic mass is 35.5. The van der Waals surface area contributed by atoms with E-state index in [9.17, 15) is 4.79 Å². The van der Waals surface area contributed by atoms with Crippen molar-refractivity contribution in [3.8, 4) is 11.4 Å². The fourth-order valence-electron chi connectivity index (χ4n) is 4.27. The number of nitrogens with zero attached hydrogens (tertiary/aromatic N) is 3. The van der Waals surface area contributed by atoms with E-state index >= 15 is 0 Å². The molecule has 1 aromatic heterocycles. The summed E-state index contributed by atoms with van der Waals surface area (Å²) in [5.41, 5.74) is 0.857. The van der Waals surface area contributed by atoms with Crippen molar-refractivity contribution in [2.24, 2.45) is 11.8 Å². The lowest BCUT2D eigenvalue weighted by molar-refractivity contribution is -0.134. The molecule has 1 saturated heterocycles. The fraction of sp³-hybridized carbons (Fsp3) is 0.550. The molecule has 1 saturated carbocycles. The summed E-state index contributed by atoms with van der Waals surface area (Å²) in [6.07, 6.45) is 7.40. The number of aromatic nitrogens is 2. The average molecular weight is 374 g/mol. The van der Waals surface area contributed by atoms with Gasteiger partial charge in [-0.3, -0.25) is 4.79 Å². The molecule has 26 heavy (non-hydrogen) atoms. The van der Waals surface area contributed by atoms with E-state index in [1.165, 1.54) is 25.7 Å². The minimum Gasteiger partial charge on any atom is -0.342 e. The van der Waals surface area contributed by atoms with Crippen LogP contribution in [0.5, 0.6) is 0 Å². The molecule has 2 aliphatic rings. The summed E-state index contributed by atoms with van der Waals surface area (Å²) in [4.78, 5) is 19.0. The van der Waals surface area contributed by atoms with Gasteiger partial charge >= 0.3 is 0 Å². The first-order valence-electron chi connectivity index (χ1n) is 9.55. The smallest absolute Gasteiger partial charge is 0.227 e. The maximum atomic E-state index is 12.6. The molecule has 2 fully saturated rings. The lowest BCUT2D eigenvalue weighted by Gasteiger charge is -2.41. The number of likely N-dealkylation sites (tertiary alicyclic amines) is 1. The zero-order chi connectivity index (χ0) is 17.9. The maximum absolute atomic E-state index is 12.6. The summed E-state index contributed by atoms with van der Waals surface area (Å²) in [5, 5.41) is 4.68.